The molecule has 31 heavy (non-hydrogen) atoms. The van der Waals surface area contributed by atoms with Gasteiger partial charge < -0.3 is 4.57 Å². The van der Waals surface area contributed by atoms with E-state index < -0.39 is 0 Å². The highest BCUT2D eigenvalue weighted by Crippen LogP contribution is 2.28. The van der Waals surface area contributed by atoms with E-state index in [-0.39, 0.29) is 24.7 Å². The highest BCUT2D eigenvalue weighted by Gasteiger charge is 2.14. The fourth-order valence-electron chi connectivity index (χ4n) is 3.32. The zero-order valence-corrected chi connectivity index (χ0v) is 17.8. The van der Waals surface area contributed by atoms with Crippen molar-refractivity contribution in [3.63, 3.8) is 0 Å². The average Bonchev–Trinajstić information content (AvgIpc) is 3.44. The van der Waals surface area contributed by atoms with Crippen molar-refractivity contribution in [3.05, 3.63) is 90.0 Å². The molecule has 6 nitrogen and oxygen atoms in total. The standard InChI is InChI=1S/C23H16ClN5O.ClH/c24-18-3-1-2-17(12-18)15-4-6-16(7-5-15)23-26-19-9-11-29(13-21(19)27-23)14-22(30)20-8-10-25-28-20;/h1-13H,14H2,(H,25,28);1H. The van der Waals surface area contributed by atoms with E-state index in [2.05, 4.69) is 20.2 Å². The van der Waals surface area contributed by atoms with Crippen molar-refractivity contribution in [1.29, 1.82) is 0 Å². The molecule has 0 bridgehead atoms. The number of hydrogen-bond acceptors (Lipinski definition) is 4. The van der Waals surface area contributed by atoms with Crippen molar-refractivity contribution in [2.75, 3.05) is 0 Å². The molecule has 5 rings (SSSR count). The predicted octanol–water partition coefficient (Wildman–Crippen LogP) is 5.40. The van der Waals surface area contributed by atoms with Crippen molar-refractivity contribution in [1.82, 2.24) is 24.7 Å². The topological polar surface area (TPSA) is 76.5 Å². The molecule has 0 fully saturated rings. The first kappa shape index (κ1) is 20.8. The highest BCUT2D eigenvalue weighted by molar-refractivity contribution is 6.30. The minimum absolute atomic E-state index is 0. The summed E-state index contributed by atoms with van der Waals surface area (Å²) >= 11 is 6.09. The third-order valence-corrected chi connectivity index (χ3v) is 5.09. The summed E-state index contributed by atoms with van der Waals surface area (Å²) in [7, 11) is 0. The van der Waals surface area contributed by atoms with Gasteiger partial charge in [-0.2, -0.15) is 5.10 Å². The number of fused-ring (bicyclic) bond motifs is 1. The minimum Gasteiger partial charge on any atom is -0.344 e. The lowest BCUT2D eigenvalue weighted by Crippen LogP contribution is -2.11. The number of aromatic nitrogens is 5. The summed E-state index contributed by atoms with van der Waals surface area (Å²) in [6.45, 7) is 0.203. The summed E-state index contributed by atoms with van der Waals surface area (Å²) in [5, 5.41) is 7.22. The summed E-state index contributed by atoms with van der Waals surface area (Å²) in [5.41, 5.74) is 5.07. The van der Waals surface area contributed by atoms with Gasteiger partial charge >= 0.3 is 0 Å². The van der Waals surface area contributed by atoms with Crippen LogP contribution in [0.3, 0.4) is 0 Å². The molecule has 0 unspecified atom stereocenters. The lowest BCUT2D eigenvalue weighted by Gasteiger charge is -2.06. The molecule has 154 valence electrons. The lowest BCUT2D eigenvalue weighted by molar-refractivity contribution is 0.0967. The first-order chi connectivity index (χ1) is 14.7. The number of carbonyl (C=O) groups excluding carboxylic acids is 1. The Kier molecular flexibility index (Phi) is 5.84. The average molecular weight is 450 g/mol. The third kappa shape index (κ3) is 4.35. The van der Waals surface area contributed by atoms with Crippen LogP contribution in [0, 0.1) is 0 Å². The van der Waals surface area contributed by atoms with Gasteiger partial charge in [0.15, 0.2) is 11.6 Å². The van der Waals surface area contributed by atoms with Crippen LogP contribution in [0.5, 0.6) is 0 Å². The Morgan fingerprint density at radius 3 is 2.45 bits per heavy atom. The van der Waals surface area contributed by atoms with Gasteiger partial charge in [0.1, 0.15) is 11.4 Å². The minimum atomic E-state index is -0.0480. The number of Topliss-reactive ketones (excluding diaryl/α,β-unsaturated/α-hetero) is 1. The van der Waals surface area contributed by atoms with Crippen LogP contribution in [0.15, 0.2) is 79.3 Å². The number of imidazole rings is 1. The first-order valence-electron chi connectivity index (χ1n) is 9.38. The van der Waals surface area contributed by atoms with Crippen molar-refractivity contribution in [2.24, 2.45) is 0 Å². The number of H-pyrrole nitrogens is 1. The van der Waals surface area contributed by atoms with E-state index in [4.69, 9.17) is 11.6 Å². The largest absolute Gasteiger partial charge is 0.344 e. The van der Waals surface area contributed by atoms with E-state index in [0.29, 0.717) is 16.5 Å². The van der Waals surface area contributed by atoms with Crippen molar-refractivity contribution in [3.8, 4) is 33.9 Å². The number of pyridine rings is 1. The SMILES string of the molecule is Cl.O=C(Cn1ccc2nc(-c3ccc(-c4cccc(Cl)c4)cc3)nc-2c1)c1ccn[nH]1. The fraction of sp³-hybridized carbons (Fsp3) is 0.0435. The fourth-order valence-corrected chi connectivity index (χ4v) is 3.51. The molecule has 0 amide bonds. The van der Waals surface area contributed by atoms with Crippen LogP contribution < -0.4 is 0 Å². The smallest absolute Gasteiger partial charge is 0.200 e. The second-order valence-corrected chi connectivity index (χ2v) is 7.35. The van der Waals surface area contributed by atoms with E-state index in [1.165, 1.54) is 0 Å². The second-order valence-electron chi connectivity index (χ2n) is 6.92. The van der Waals surface area contributed by atoms with Gasteiger partial charge in [0, 0.05) is 29.2 Å². The molecule has 2 aromatic carbocycles. The maximum atomic E-state index is 12.3. The number of aromatic amines is 1. The number of benzene rings is 2. The number of rotatable bonds is 5. The lowest BCUT2D eigenvalue weighted by atomic mass is 10.0. The normalized spacial score (nSPS) is 10.7. The Bertz CT molecular complexity index is 1300. The number of hydrogen-bond donors (Lipinski definition) is 1. The zero-order valence-electron chi connectivity index (χ0n) is 16.2. The van der Waals surface area contributed by atoms with Crippen LogP contribution in [0.1, 0.15) is 10.5 Å². The molecule has 1 aromatic heterocycles. The summed E-state index contributed by atoms with van der Waals surface area (Å²) in [6, 6.07) is 19.4. The van der Waals surface area contributed by atoms with Crippen LogP contribution in [-0.4, -0.2) is 30.5 Å². The van der Waals surface area contributed by atoms with Gasteiger partial charge in [0.05, 0.1) is 12.2 Å². The molecule has 0 saturated carbocycles. The van der Waals surface area contributed by atoms with E-state index in [0.717, 1.165) is 28.1 Å². The second kappa shape index (κ2) is 8.71. The van der Waals surface area contributed by atoms with Gasteiger partial charge in [-0.3, -0.25) is 9.89 Å². The molecule has 0 atom stereocenters. The van der Waals surface area contributed by atoms with Gasteiger partial charge in [-0.05, 0) is 35.4 Å². The van der Waals surface area contributed by atoms with Crippen molar-refractivity contribution < 1.29 is 4.79 Å². The summed E-state index contributed by atoms with van der Waals surface area (Å²) in [6.07, 6.45) is 5.23. The maximum absolute atomic E-state index is 12.3. The van der Waals surface area contributed by atoms with E-state index in [1.807, 2.05) is 67.0 Å². The number of nitrogens with one attached hydrogen (secondary N) is 1. The Hall–Kier alpha value is -3.48. The molecule has 2 aliphatic rings. The quantitative estimate of drug-likeness (QED) is 0.364. The first-order valence-corrected chi connectivity index (χ1v) is 9.76. The Balaban J connectivity index is 0.00000231. The summed E-state index contributed by atoms with van der Waals surface area (Å²) in [5.74, 6) is 0.605. The van der Waals surface area contributed by atoms with E-state index in [9.17, 15) is 4.79 Å². The molecule has 2 aliphatic heterocycles. The van der Waals surface area contributed by atoms with Crippen LogP contribution in [-0.2, 0) is 6.54 Å². The van der Waals surface area contributed by atoms with Gasteiger partial charge in [0.2, 0.25) is 0 Å². The number of ketones is 1. The summed E-state index contributed by atoms with van der Waals surface area (Å²) < 4.78 is 1.80. The monoisotopic (exact) mass is 449 g/mol. The van der Waals surface area contributed by atoms with E-state index in [1.54, 1.807) is 16.8 Å². The Morgan fingerprint density at radius 1 is 0.935 bits per heavy atom. The summed E-state index contributed by atoms with van der Waals surface area (Å²) in [4.78, 5) is 21.5. The Labute approximate surface area is 189 Å². The molecular weight excluding hydrogens is 433 g/mol. The van der Waals surface area contributed by atoms with Crippen LogP contribution in [0.25, 0.3) is 33.9 Å². The van der Waals surface area contributed by atoms with Gasteiger partial charge in [-0.1, -0.05) is 48.0 Å². The number of nitrogens with zero attached hydrogens (tertiary/aromatic N) is 4. The maximum Gasteiger partial charge on any atom is 0.200 e. The van der Waals surface area contributed by atoms with Crippen LogP contribution in [0.4, 0.5) is 0 Å². The third-order valence-electron chi connectivity index (χ3n) is 4.86. The molecule has 0 radical (unpaired) electrons. The molecule has 0 saturated heterocycles. The molecule has 0 spiro atoms. The Morgan fingerprint density at radius 2 is 1.71 bits per heavy atom. The van der Waals surface area contributed by atoms with Crippen LogP contribution in [0.2, 0.25) is 5.02 Å². The van der Waals surface area contributed by atoms with Crippen molar-refractivity contribution >= 4 is 29.8 Å². The predicted molar refractivity (Wildman–Crippen MR) is 123 cm³/mol. The molecule has 1 N–H and O–H groups in total. The zero-order chi connectivity index (χ0) is 20.5. The van der Waals surface area contributed by atoms with Crippen molar-refractivity contribution in [2.45, 2.75) is 6.54 Å². The van der Waals surface area contributed by atoms with Crippen LogP contribution >= 0.6 is 24.0 Å². The molecule has 8 heteroatoms. The molecule has 3 heterocycles. The van der Waals surface area contributed by atoms with Gasteiger partial charge in [-0.15, -0.1) is 12.4 Å². The number of halogens is 2. The molecule has 0 aliphatic carbocycles. The number of carbonyl (C=O) groups is 1. The molecular formula is C23H17Cl2N5O. The van der Waals surface area contributed by atoms with Gasteiger partial charge in [-0.25, -0.2) is 9.97 Å². The highest BCUT2D eigenvalue weighted by atomic mass is 35.5. The van der Waals surface area contributed by atoms with E-state index >= 15 is 0 Å². The van der Waals surface area contributed by atoms with Gasteiger partial charge in [0.25, 0.3) is 0 Å². The molecule has 3 aromatic rings.